The Morgan fingerprint density at radius 3 is 2.73 bits per heavy atom. The number of nitrogens with zero attached hydrogens (tertiary/aromatic N) is 2. The molecule has 0 bridgehead atoms. The molecule has 1 aliphatic rings. The number of halogens is 1. The van der Waals surface area contributed by atoms with Crippen molar-refractivity contribution in [2.75, 3.05) is 11.9 Å². The van der Waals surface area contributed by atoms with Crippen molar-refractivity contribution < 1.29 is 9.13 Å². The van der Waals surface area contributed by atoms with E-state index < -0.39 is 0 Å². The standard InChI is InChI=1S/C27H30FN3OS/c1-3-32-21-9-11-25-26(16-21)33-27(31-25)30-17(2)14-18-4-6-19(7-5-18)22-12-13-29-24-10-8-20(28)15-23(22)24/h8-13,15-19H,3-7,14H2,1-2H3,(H,30,31)/t17-,18?,19?/m1/s1. The van der Waals surface area contributed by atoms with Crippen LogP contribution in [0.3, 0.4) is 0 Å². The monoisotopic (exact) mass is 463 g/mol. The summed E-state index contributed by atoms with van der Waals surface area (Å²) in [6, 6.07) is 13.5. The summed E-state index contributed by atoms with van der Waals surface area (Å²) >= 11 is 1.69. The molecule has 1 N–H and O–H groups in total. The average molecular weight is 464 g/mol. The van der Waals surface area contributed by atoms with Crippen molar-refractivity contribution in [2.45, 2.75) is 57.9 Å². The Kier molecular flexibility index (Phi) is 6.45. The highest BCUT2D eigenvalue weighted by Gasteiger charge is 2.25. The largest absolute Gasteiger partial charge is 0.494 e. The van der Waals surface area contributed by atoms with Crippen LogP contribution in [0.15, 0.2) is 48.7 Å². The second-order valence-corrected chi connectivity index (χ2v) is 10.2. The first-order valence-electron chi connectivity index (χ1n) is 11.9. The summed E-state index contributed by atoms with van der Waals surface area (Å²) in [4.78, 5) is 9.16. The molecule has 172 valence electrons. The number of pyridine rings is 1. The lowest BCUT2D eigenvalue weighted by Gasteiger charge is -2.31. The fourth-order valence-corrected chi connectivity index (χ4v) is 6.20. The first kappa shape index (κ1) is 22.1. The maximum absolute atomic E-state index is 13.8. The van der Waals surface area contributed by atoms with Crippen molar-refractivity contribution in [2.24, 2.45) is 5.92 Å². The Labute approximate surface area is 198 Å². The number of anilines is 1. The van der Waals surface area contributed by atoms with Gasteiger partial charge in [-0.3, -0.25) is 4.98 Å². The first-order chi connectivity index (χ1) is 16.1. The molecule has 33 heavy (non-hydrogen) atoms. The molecule has 2 heterocycles. The fourth-order valence-electron chi connectivity index (χ4n) is 5.20. The molecule has 0 radical (unpaired) electrons. The van der Waals surface area contributed by atoms with E-state index in [1.807, 2.05) is 25.3 Å². The molecule has 0 saturated heterocycles. The smallest absolute Gasteiger partial charge is 0.184 e. The molecule has 4 aromatic rings. The van der Waals surface area contributed by atoms with E-state index in [4.69, 9.17) is 9.72 Å². The summed E-state index contributed by atoms with van der Waals surface area (Å²) in [5.74, 6) is 1.90. The number of aromatic nitrogens is 2. The normalized spacial score (nSPS) is 19.6. The molecule has 1 atom stereocenters. The van der Waals surface area contributed by atoms with Gasteiger partial charge in [-0.05, 0) is 106 Å². The van der Waals surface area contributed by atoms with Gasteiger partial charge in [-0.1, -0.05) is 11.3 Å². The van der Waals surface area contributed by atoms with Crippen LogP contribution in [0.1, 0.15) is 57.4 Å². The quantitative estimate of drug-likeness (QED) is 0.307. The zero-order valence-corrected chi connectivity index (χ0v) is 20.0. The van der Waals surface area contributed by atoms with Crippen molar-refractivity contribution in [1.29, 1.82) is 0 Å². The highest BCUT2D eigenvalue weighted by atomic mass is 32.1. The van der Waals surface area contributed by atoms with E-state index in [9.17, 15) is 4.39 Å². The van der Waals surface area contributed by atoms with Crippen molar-refractivity contribution in [3.8, 4) is 5.75 Å². The highest BCUT2D eigenvalue weighted by molar-refractivity contribution is 7.22. The van der Waals surface area contributed by atoms with Gasteiger partial charge >= 0.3 is 0 Å². The molecule has 2 aromatic heterocycles. The minimum atomic E-state index is -0.186. The minimum Gasteiger partial charge on any atom is -0.494 e. The average Bonchev–Trinajstić information content (AvgIpc) is 3.21. The fraction of sp³-hybridized carbons (Fsp3) is 0.407. The lowest BCUT2D eigenvalue weighted by Crippen LogP contribution is -2.22. The number of rotatable bonds is 7. The molecular formula is C27H30FN3OS. The van der Waals surface area contributed by atoms with Gasteiger partial charge in [0.05, 0.1) is 22.3 Å². The summed E-state index contributed by atoms with van der Waals surface area (Å²) in [7, 11) is 0. The molecule has 0 amide bonds. The predicted octanol–water partition coefficient (Wildman–Crippen LogP) is 7.55. The van der Waals surface area contributed by atoms with Crippen molar-refractivity contribution in [1.82, 2.24) is 9.97 Å². The molecule has 2 aromatic carbocycles. The third-order valence-electron chi connectivity index (χ3n) is 6.75. The van der Waals surface area contributed by atoms with Crippen LogP contribution < -0.4 is 10.1 Å². The Balaban J connectivity index is 1.18. The zero-order chi connectivity index (χ0) is 22.8. The van der Waals surface area contributed by atoms with Crippen molar-refractivity contribution >= 4 is 37.6 Å². The van der Waals surface area contributed by atoms with Gasteiger partial charge in [0, 0.05) is 17.6 Å². The highest BCUT2D eigenvalue weighted by Crippen LogP contribution is 2.40. The molecule has 1 saturated carbocycles. The van der Waals surface area contributed by atoms with Gasteiger partial charge in [0.2, 0.25) is 0 Å². The molecule has 0 spiro atoms. The van der Waals surface area contributed by atoms with Gasteiger partial charge in [-0.25, -0.2) is 9.37 Å². The lowest BCUT2D eigenvalue weighted by atomic mass is 9.76. The molecule has 1 fully saturated rings. The third-order valence-corrected chi connectivity index (χ3v) is 7.70. The Morgan fingerprint density at radius 2 is 1.91 bits per heavy atom. The van der Waals surface area contributed by atoms with Crippen LogP contribution >= 0.6 is 11.3 Å². The molecule has 6 heteroatoms. The van der Waals surface area contributed by atoms with Gasteiger partial charge in [0.25, 0.3) is 0 Å². The number of hydrogen-bond donors (Lipinski definition) is 1. The molecule has 5 rings (SSSR count). The van der Waals surface area contributed by atoms with Crippen molar-refractivity contribution in [3.05, 3.63) is 60.0 Å². The van der Waals surface area contributed by atoms with Gasteiger partial charge in [-0.2, -0.15) is 0 Å². The number of thiazole rings is 1. The van der Waals surface area contributed by atoms with E-state index in [1.165, 1.54) is 24.5 Å². The van der Waals surface area contributed by atoms with E-state index >= 15 is 0 Å². The van der Waals surface area contributed by atoms with Gasteiger partial charge < -0.3 is 10.1 Å². The van der Waals surface area contributed by atoms with Crippen LogP contribution in [0.5, 0.6) is 5.75 Å². The van der Waals surface area contributed by atoms with Crippen LogP contribution in [0.25, 0.3) is 21.1 Å². The summed E-state index contributed by atoms with van der Waals surface area (Å²) in [5.41, 5.74) is 3.16. The van der Waals surface area contributed by atoms with Gasteiger partial charge in [0.15, 0.2) is 5.13 Å². The van der Waals surface area contributed by atoms with Crippen LogP contribution in [-0.2, 0) is 0 Å². The van der Waals surface area contributed by atoms with E-state index in [1.54, 1.807) is 23.5 Å². The molecular weight excluding hydrogens is 433 g/mol. The maximum atomic E-state index is 13.8. The van der Waals surface area contributed by atoms with Gasteiger partial charge in [-0.15, -0.1) is 0 Å². The molecule has 1 aliphatic carbocycles. The second kappa shape index (κ2) is 9.64. The summed E-state index contributed by atoms with van der Waals surface area (Å²) in [5, 5.41) is 5.57. The molecule has 4 nitrogen and oxygen atoms in total. The first-order valence-corrected chi connectivity index (χ1v) is 12.7. The summed E-state index contributed by atoms with van der Waals surface area (Å²) < 4.78 is 20.6. The molecule has 0 unspecified atom stereocenters. The Morgan fingerprint density at radius 1 is 1.09 bits per heavy atom. The Hall–Kier alpha value is -2.73. The Bertz CT molecular complexity index is 1250. The van der Waals surface area contributed by atoms with Gasteiger partial charge in [0.1, 0.15) is 11.6 Å². The van der Waals surface area contributed by atoms with Crippen LogP contribution in [0, 0.1) is 11.7 Å². The van der Waals surface area contributed by atoms with Crippen LogP contribution in [0.2, 0.25) is 0 Å². The summed E-state index contributed by atoms with van der Waals surface area (Å²) in [6.07, 6.45) is 7.70. The van der Waals surface area contributed by atoms with E-state index in [-0.39, 0.29) is 5.82 Å². The van der Waals surface area contributed by atoms with E-state index in [0.717, 1.165) is 51.3 Å². The SMILES string of the molecule is CCOc1ccc2nc(N[C@H](C)CC3CCC(c4ccnc5ccc(F)cc45)CC3)sc2c1. The van der Waals surface area contributed by atoms with E-state index in [2.05, 4.69) is 29.4 Å². The number of nitrogens with one attached hydrogen (secondary N) is 1. The topological polar surface area (TPSA) is 47.0 Å². The number of benzene rings is 2. The predicted molar refractivity (Wildman–Crippen MR) is 135 cm³/mol. The van der Waals surface area contributed by atoms with Crippen molar-refractivity contribution in [3.63, 3.8) is 0 Å². The zero-order valence-electron chi connectivity index (χ0n) is 19.2. The number of hydrogen-bond acceptors (Lipinski definition) is 5. The maximum Gasteiger partial charge on any atom is 0.184 e. The van der Waals surface area contributed by atoms with E-state index in [0.29, 0.717) is 24.5 Å². The number of fused-ring (bicyclic) bond motifs is 2. The lowest BCUT2D eigenvalue weighted by molar-refractivity contribution is 0.302. The van der Waals surface area contributed by atoms with Crippen LogP contribution in [-0.4, -0.2) is 22.6 Å². The third kappa shape index (κ3) is 4.96. The number of ether oxygens (including phenoxy) is 1. The second-order valence-electron chi connectivity index (χ2n) is 9.14. The summed E-state index contributed by atoms with van der Waals surface area (Å²) in [6.45, 7) is 4.92. The molecule has 0 aliphatic heterocycles. The minimum absolute atomic E-state index is 0.186. The van der Waals surface area contributed by atoms with Crippen LogP contribution in [0.4, 0.5) is 9.52 Å².